The number of nitrogens with zero attached hydrogens (tertiary/aromatic N) is 6. The molecule has 4 fully saturated rings. The van der Waals surface area contributed by atoms with Gasteiger partial charge in [0.2, 0.25) is 5.95 Å². The van der Waals surface area contributed by atoms with Crippen LogP contribution in [0.25, 0.3) is 0 Å². The first-order valence-corrected chi connectivity index (χ1v) is 12.2. The van der Waals surface area contributed by atoms with Crippen molar-refractivity contribution in [3.8, 4) is 0 Å². The number of anilines is 2. The topological polar surface area (TPSA) is 95.3 Å². The lowest BCUT2D eigenvalue weighted by Gasteiger charge is -2.55. The standard InChI is InChI=1S/C20H23ClN6O2S/c21-13-7-22-17(23-8-13)12-4-14-6-15(5-12)27(14)19-24-9-16-18(25-19)26(11-30(16)29)20(10-28)2-1-3-20/h7-9,12,14-15,28H,1-6,10-11H2. The second-order valence-electron chi connectivity index (χ2n) is 8.87. The van der Waals surface area contributed by atoms with Gasteiger partial charge in [0.25, 0.3) is 0 Å². The van der Waals surface area contributed by atoms with E-state index in [-0.39, 0.29) is 12.1 Å². The molecule has 2 aromatic rings. The Morgan fingerprint density at radius 1 is 1.13 bits per heavy atom. The predicted molar refractivity (Wildman–Crippen MR) is 113 cm³/mol. The fraction of sp³-hybridized carbons (Fsp3) is 0.600. The number of rotatable bonds is 4. The molecule has 3 unspecified atom stereocenters. The Balaban J connectivity index is 1.26. The first-order valence-electron chi connectivity index (χ1n) is 10.5. The third-order valence-corrected chi connectivity index (χ3v) is 8.77. The Hall–Kier alpha value is -1.84. The lowest BCUT2D eigenvalue weighted by atomic mass is 9.73. The van der Waals surface area contributed by atoms with E-state index >= 15 is 0 Å². The molecule has 3 aliphatic heterocycles. The maximum atomic E-state index is 12.6. The highest BCUT2D eigenvalue weighted by atomic mass is 35.5. The van der Waals surface area contributed by atoms with Crippen LogP contribution in [0.1, 0.15) is 50.3 Å². The second kappa shape index (κ2) is 6.83. The minimum absolute atomic E-state index is 0.0702. The van der Waals surface area contributed by atoms with Crippen molar-refractivity contribution < 1.29 is 9.32 Å². The maximum Gasteiger partial charge on any atom is 0.227 e. The Morgan fingerprint density at radius 3 is 2.50 bits per heavy atom. The van der Waals surface area contributed by atoms with E-state index in [1.54, 1.807) is 18.6 Å². The van der Waals surface area contributed by atoms with E-state index in [2.05, 4.69) is 24.8 Å². The second-order valence-corrected chi connectivity index (χ2v) is 10.7. The van der Waals surface area contributed by atoms with Crippen molar-refractivity contribution >= 4 is 34.2 Å². The molecule has 0 amide bonds. The monoisotopic (exact) mass is 446 g/mol. The van der Waals surface area contributed by atoms with Crippen LogP contribution in [-0.4, -0.2) is 59.4 Å². The number of piperidine rings is 1. The number of halogens is 1. The lowest BCUT2D eigenvalue weighted by molar-refractivity contribution is 0.119. The van der Waals surface area contributed by atoms with Gasteiger partial charge < -0.3 is 14.9 Å². The van der Waals surface area contributed by atoms with Gasteiger partial charge in [0.1, 0.15) is 16.6 Å². The van der Waals surface area contributed by atoms with Gasteiger partial charge in [-0.3, -0.25) is 4.21 Å². The molecule has 2 bridgehead atoms. The Kier molecular flexibility index (Phi) is 4.30. The summed E-state index contributed by atoms with van der Waals surface area (Å²) in [6.07, 6.45) is 11.0. The third-order valence-electron chi connectivity index (χ3n) is 7.30. The minimum Gasteiger partial charge on any atom is -0.394 e. The first kappa shape index (κ1) is 18.9. The van der Waals surface area contributed by atoms with Gasteiger partial charge in [0.15, 0.2) is 5.82 Å². The van der Waals surface area contributed by atoms with Crippen LogP contribution in [0.4, 0.5) is 11.8 Å². The zero-order valence-electron chi connectivity index (χ0n) is 16.4. The van der Waals surface area contributed by atoms with E-state index < -0.39 is 10.8 Å². The number of hydrogen-bond acceptors (Lipinski definition) is 8. The zero-order valence-corrected chi connectivity index (χ0v) is 18.0. The molecule has 0 spiro atoms. The first-order chi connectivity index (χ1) is 14.6. The van der Waals surface area contributed by atoms with Crippen LogP contribution in [0.15, 0.2) is 23.5 Å². The minimum atomic E-state index is -1.14. The summed E-state index contributed by atoms with van der Waals surface area (Å²) in [5.41, 5.74) is -0.311. The van der Waals surface area contributed by atoms with Gasteiger partial charge in [-0.1, -0.05) is 11.6 Å². The molecule has 8 nitrogen and oxygen atoms in total. The SMILES string of the molecule is O=S1CN(C2(CO)CCC2)c2nc(N3C4CC(c5ncc(Cl)cn5)CC3C4)ncc21. The zero-order chi connectivity index (χ0) is 20.5. The molecule has 2 aromatic heterocycles. The Morgan fingerprint density at radius 2 is 1.87 bits per heavy atom. The number of hydrogen-bond donors (Lipinski definition) is 1. The van der Waals surface area contributed by atoms with Crippen molar-refractivity contribution in [2.45, 2.75) is 67.0 Å². The highest BCUT2D eigenvalue weighted by Crippen LogP contribution is 2.48. The maximum absolute atomic E-state index is 12.6. The summed E-state index contributed by atoms with van der Waals surface area (Å²) in [7, 11) is -1.14. The molecule has 3 atom stereocenters. The van der Waals surface area contributed by atoms with Gasteiger partial charge in [-0.25, -0.2) is 15.0 Å². The van der Waals surface area contributed by atoms with Gasteiger partial charge in [0, 0.05) is 30.4 Å². The van der Waals surface area contributed by atoms with Gasteiger partial charge >= 0.3 is 0 Å². The lowest BCUT2D eigenvalue weighted by Crippen LogP contribution is -2.61. The number of aliphatic hydroxyl groups excluding tert-OH is 1. The quantitative estimate of drug-likeness (QED) is 0.764. The van der Waals surface area contributed by atoms with E-state index in [0.29, 0.717) is 39.7 Å². The summed E-state index contributed by atoms with van der Waals surface area (Å²) in [5, 5.41) is 10.6. The molecule has 5 aliphatic rings. The summed E-state index contributed by atoms with van der Waals surface area (Å²) >= 11 is 5.93. The highest BCUT2D eigenvalue weighted by Gasteiger charge is 2.50. The summed E-state index contributed by atoms with van der Waals surface area (Å²) < 4.78 is 12.6. The van der Waals surface area contributed by atoms with E-state index in [4.69, 9.17) is 16.6 Å². The van der Waals surface area contributed by atoms with E-state index in [0.717, 1.165) is 50.2 Å². The average molecular weight is 447 g/mol. The third kappa shape index (κ3) is 2.71. The molecular weight excluding hydrogens is 424 g/mol. The van der Waals surface area contributed by atoms with Crippen molar-refractivity contribution in [2.75, 3.05) is 22.3 Å². The Labute approximate surface area is 182 Å². The van der Waals surface area contributed by atoms with Crippen LogP contribution in [0.3, 0.4) is 0 Å². The van der Waals surface area contributed by atoms with E-state index in [1.807, 2.05) is 0 Å². The summed E-state index contributed by atoms with van der Waals surface area (Å²) in [4.78, 5) is 23.4. The number of fused-ring (bicyclic) bond motifs is 3. The molecule has 1 N–H and O–H groups in total. The molecule has 0 radical (unpaired) electrons. The van der Waals surface area contributed by atoms with Crippen molar-refractivity contribution in [3.63, 3.8) is 0 Å². The fourth-order valence-electron chi connectivity index (χ4n) is 5.48. The summed E-state index contributed by atoms with van der Waals surface area (Å²) in [6, 6.07) is 0.726. The molecule has 10 heteroatoms. The van der Waals surface area contributed by atoms with Crippen LogP contribution >= 0.6 is 11.6 Å². The Bertz CT molecular complexity index is 999. The van der Waals surface area contributed by atoms with Gasteiger partial charge in [0.05, 0.1) is 34.2 Å². The van der Waals surface area contributed by atoms with Crippen LogP contribution in [0.5, 0.6) is 0 Å². The number of aromatic nitrogens is 4. The molecule has 0 aromatic carbocycles. The van der Waals surface area contributed by atoms with Crippen molar-refractivity contribution in [2.24, 2.45) is 0 Å². The van der Waals surface area contributed by atoms with Crippen molar-refractivity contribution in [1.29, 1.82) is 0 Å². The van der Waals surface area contributed by atoms with Crippen molar-refractivity contribution in [3.05, 3.63) is 29.4 Å². The largest absolute Gasteiger partial charge is 0.394 e. The molecule has 2 aliphatic carbocycles. The molecular formula is C20H23ClN6O2S. The molecule has 2 saturated heterocycles. The molecule has 7 rings (SSSR count). The van der Waals surface area contributed by atoms with E-state index in [1.165, 1.54) is 0 Å². The normalized spacial score (nSPS) is 31.1. The van der Waals surface area contributed by atoms with Crippen LogP contribution in [0.2, 0.25) is 5.02 Å². The molecule has 5 heterocycles. The van der Waals surface area contributed by atoms with E-state index in [9.17, 15) is 9.32 Å². The molecule has 30 heavy (non-hydrogen) atoms. The van der Waals surface area contributed by atoms with Crippen LogP contribution in [-0.2, 0) is 10.8 Å². The average Bonchev–Trinajstić information content (AvgIpc) is 3.04. The smallest absolute Gasteiger partial charge is 0.227 e. The number of aliphatic hydroxyl groups is 1. The molecule has 2 saturated carbocycles. The van der Waals surface area contributed by atoms with Gasteiger partial charge in [-0.05, 0) is 38.5 Å². The van der Waals surface area contributed by atoms with Gasteiger partial charge in [-0.2, -0.15) is 4.98 Å². The fourth-order valence-corrected chi connectivity index (χ4v) is 6.88. The van der Waals surface area contributed by atoms with Crippen molar-refractivity contribution in [1.82, 2.24) is 19.9 Å². The highest BCUT2D eigenvalue weighted by molar-refractivity contribution is 7.85. The summed E-state index contributed by atoms with van der Waals surface area (Å²) in [6.45, 7) is 0.0702. The van der Waals surface area contributed by atoms with Crippen LogP contribution < -0.4 is 9.80 Å². The summed E-state index contributed by atoms with van der Waals surface area (Å²) in [5.74, 6) is 3.04. The van der Waals surface area contributed by atoms with Gasteiger partial charge in [-0.15, -0.1) is 0 Å². The van der Waals surface area contributed by atoms with Crippen LogP contribution in [0, 0.1) is 0 Å². The predicted octanol–water partition coefficient (Wildman–Crippen LogP) is 2.24. The molecule has 158 valence electrons.